The summed E-state index contributed by atoms with van der Waals surface area (Å²) in [6.45, 7) is 6.30. The molecule has 0 unspecified atom stereocenters. The number of hydrogen-bond donors (Lipinski definition) is 3. The smallest absolute Gasteiger partial charge is 0.194 e. The van der Waals surface area contributed by atoms with Gasteiger partial charge in [-0.3, -0.25) is 9.88 Å². The van der Waals surface area contributed by atoms with Gasteiger partial charge in [0.1, 0.15) is 5.75 Å². The highest BCUT2D eigenvalue weighted by Crippen LogP contribution is 2.40. The van der Waals surface area contributed by atoms with Crippen molar-refractivity contribution in [1.82, 2.24) is 14.8 Å². The first-order chi connectivity index (χ1) is 20.8. The number of hydrogen-bond acceptors (Lipinski definition) is 8. The fraction of sp³-hybridized carbons (Fsp3) is 0.531. The molecule has 8 nitrogen and oxygen atoms in total. The van der Waals surface area contributed by atoms with Crippen LogP contribution in [-0.4, -0.2) is 91.2 Å². The molecular weight excluding hydrogens is 561 g/mol. The molecule has 234 valence electrons. The number of aliphatic hydroxyl groups excluding tert-OH is 2. The second-order valence-electron chi connectivity index (χ2n) is 11.7. The zero-order chi connectivity index (χ0) is 30.4. The van der Waals surface area contributed by atoms with Crippen molar-refractivity contribution in [2.45, 2.75) is 38.3 Å². The van der Waals surface area contributed by atoms with E-state index in [-0.39, 0.29) is 17.7 Å². The van der Waals surface area contributed by atoms with Crippen LogP contribution in [0, 0.1) is 22.9 Å². The summed E-state index contributed by atoms with van der Waals surface area (Å²) in [5, 5.41) is 26.0. The molecule has 0 aliphatic carbocycles. The lowest BCUT2D eigenvalue weighted by Crippen LogP contribution is -2.43. The number of anilines is 1. The third-order valence-corrected chi connectivity index (χ3v) is 8.97. The van der Waals surface area contributed by atoms with Crippen LogP contribution in [0.4, 0.5) is 18.9 Å². The van der Waals surface area contributed by atoms with Crippen LogP contribution < -0.4 is 10.1 Å². The highest BCUT2D eigenvalue weighted by atomic mass is 19.2. The van der Waals surface area contributed by atoms with Crippen LogP contribution in [0.1, 0.15) is 42.9 Å². The van der Waals surface area contributed by atoms with Crippen molar-refractivity contribution >= 4 is 16.6 Å². The molecule has 2 aliphatic heterocycles. The van der Waals surface area contributed by atoms with Crippen molar-refractivity contribution in [2.24, 2.45) is 5.41 Å². The third kappa shape index (κ3) is 7.58. The van der Waals surface area contributed by atoms with Crippen LogP contribution in [0.2, 0.25) is 0 Å². The summed E-state index contributed by atoms with van der Waals surface area (Å²) in [7, 11) is 1.62. The number of nitrogens with zero attached hydrogens (tertiary/aromatic N) is 3. The molecule has 0 amide bonds. The molecule has 2 saturated heterocycles. The third-order valence-electron chi connectivity index (χ3n) is 8.97. The fourth-order valence-corrected chi connectivity index (χ4v) is 6.22. The Morgan fingerprint density at radius 2 is 1.77 bits per heavy atom. The lowest BCUT2D eigenvalue weighted by molar-refractivity contribution is 0.0239. The van der Waals surface area contributed by atoms with Crippen molar-refractivity contribution in [2.75, 3.05) is 71.5 Å². The first-order valence-electron chi connectivity index (χ1n) is 15.0. The molecule has 0 spiro atoms. The SMILES string of the molecule is COc1ccc2ncc(CN3CCOCC3)c([C@@H](O)CCC3(CO)CCN(CCNc4cc(F)c(F)c(F)c4)CC3)c2c1. The maximum absolute atomic E-state index is 13.5. The van der Waals surface area contributed by atoms with Crippen LogP contribution in [0.15, 0.2) is 36.5 Å². The van der Waals surface area contributed by atoms with Gasteiger partial charge >= 0.3 is 0 Å². The van der Waals surface area contributed by atoms with Gasteiger partial charge in [0, 0.05) is 68.7 Å². The van der Waals surface area contributed by atoms with Gasteiger partial charge in [0.15, 0.2) is 17.5 Å². The van der Waals surface area contributed by atoms with E-state index in [0.717, 1.165) is 73.2 Å². The van der Waals surface area contributed by atoms with E-state index < -0.39 is 23.6 Å². The summed E-state index contributed by atoms with van der Waals surface area (Å²) in [6, 6.07) is 7.61. The molecule has 0 bridgehead atoms. The lowest BCUT2D eigenvalue weighted by Gasteiger charge is -2.41. The maximum Gasteiger partial charge on any atom is 0.194 e. The van der Waals surface area contributed by atoms with Crippen molar-refractivity contribution in [3.05, 3.63) is 65.1 Å². The molecule has 43 heavy (non-hydrogen) atoms. The number of likely N-dealkylation sites (tertiary alicyclic amines) is 1. The predicted molar refractivity (Wildman–Crippen MR) is 159 cm³/mol. The van der Waals surface area contributed by atoms with Gasteiger partial charge in [-0.05, 0) is 73.5 Å². The number of ether oxygens (including phenoxy) is 2. The van der Waals surface area contributed by atoms with Crippen molar-refractivity contribution < 1.29 is 32.9 Å². The molecule has 5 rings (SSSR count). The lowest BCUT2D eigenvalue weighted by atomic mass is 9.74. The molecule has 0 radical (unpaired) electrons. The van der Waals surface area contributed by atoms with Gasteiger partial charge in [-0.15, -0.1) is 0 Å². The number of piperidine rings is 1. The highest BCUT2D eigenvalue weighted by Gasteiger charge is 2.35. The van der Waals surface area contributed by atoms with E-state index >= 15 is 0 Å². The Morgan fingerprint density at radius 1 is 1.05 bits per heavy atom. The molecule has 0 saturated carbocycles. The summed E-state index contributed by atoms with van der Waals surface area (Å²) < 4.78 is 51.2. The summed E-state index contributed by atoms with van der Waals surface area (Å²) in [5.41, 5.74) is 2.53. The fourth-order valence-electron chi connectivity index (χ4n) is 6.22. The number of nitrogens with one attached hydrogen (secondary N) is 1. The average molecular weight is 603 g/mol. The molecule has 1 aromatic heterocycles. The van der Waals surface area contributed by atoms with Gasteiger partial charge in [-0.25, -0.2) is 13.2 Å². The normalized spacial score (nSPS) is 18.6. The Labute approximate surface area is 250 Å². The number of pyridine rings is 1. The molecule has 3 aromatic rings. The Bertz CT molecular complexity index is 1360. The molecule has 2 aromatic carbocycles. The van der Waals surface area contributed by atoms with Gasteiger partial charge in [-0.1, -0.05) is 0 Å². The van der Waals surface area contributed by atoms with E-state index in [9.17, 15) is 23.4 Å². The van der Waals surface area contributed by atoms with Crippen molar-refractivity contribution in [3.8, 4) is 5.75 Å². The minimum atomic E-state index is -1.47. The van der Waals surface area contributed by atoms with Gasteiger partial charge in [0.2, 0.25) is 0 Å². The van der Waals surface area contributed by atoms with Crippen LogP contribution >= 0.6 is 0 Å². The molecule has 1 atom stereocenters. The van der Waals surface area contributed by atoms with Gasteiger partial charge < -0.3 is 29.9 Å². The molecule has 3 heterocycles. The first kappa shape index (κ1) is 31.5. The number of fused-ring (bicyclic) bond motifs is 1. The summed E-state index contributed by atoms with van der Waals surface area (Å²) in [4.78, 5) is 9.22. The summed E-state index contributed by atoms with van der Waals surface area (Å²) in [5.74, 6) is -3.21. The van der Waals surface area contributed by atoms with Crippen LogP contribution in [-0.2, 0) is 11.3 Å². The largest absolute Gasteiger partial charge is 0.497 e. The molecular formula is C32H41F3N4O4. The zero-order valence-corrected chi connectivity index (χ0v) is 24.6. The van der Waals surface area contributed by atoms with Crippen LogP contribution in [0.25, 0.3) is 10.9 Å². The Kier molecular flexibility index (Phi) is 10.4. The number of aromatic nitrogens is 1. The van der Waals surface area contributed by atoms with E-state index in [4.69, 9.17) is 9.47 Å². The van der Waals surface area contributed by atoms with E-state index in [1.165, 1.54) is 0 Å². The zero-order valence-electron chi connectivity index (χ0n) is 24.6. The van der Waals surface area contributed by atoms with Crippen molar-refractivity contribution in [1.29, 1.82) is 0 Å². The minimum Gasteiger partial charge on any atom is -0.497 e. The monoisotopic (exact) mass is 602 g/mol. The van der Waals surface area contributed by atoms with Gasteiger partial charge in [-0.2, -0.15) is 0 Å². The number of rotatable bonds is 12. The molecule has 11 heteroatoms. The Balaban J connectivity index is 1.22. The second kappa shape index (κ2) is 14.2. The van der Waals surface area contributed by atoms with E-state index in [2.05, 4.69) is 20.1 Å². The molecule has 3 N–H and O–H groups in total. The Hall–Kier alpha value is -2.96. The number of benzene rings is 2. The number of methoxy groups -OCH3 is 1. The molecule has 2 aliphatic rings. The number of aliphatic hydroxyl groups is 2. The Morgan fingerprint density at radius 3 is 2.44 bits per heavy atom. The van der Waals surface area contributed by atoms with Crippen LogP contribution in [0.5, 0.6) is 5.75 Å². The summed E-state index contributed by atoms with van der Waals surface area (Å²) in [6.07, 6.45) is 3.82. The summed E-state index contributed by atoms with van der Waals surface area (Å²) >= 11 is 0. The minimum absolute atomic E-state index is 0.0332. The van der Waals surface area contributed by atoms with E-state index in [1.807, 2.05) is 24.4 Å². The van der Waals surface area contributed by atoms with Gasteiger partial charge in [0.05, 0.1) is 31.9 Å². The average Bonchev–Trinajstić information content (AvgIpc) is 3.03. The second-order valence-corrected chi connectivity index (χ2v) is 11.7. The topological polar surface area (TPSA) is 90.3 Å². The number of morpholine rings is 1. The van der Waals surface area contributed by atoms with Crippen LogP contribution in [0.3, 0.4) is 0 Å². The van der Waals surface area contributed by atoms with E-state index in [0.29, 0.717) is 51.4 Å². The first-order valence-corrected chi connectivity index (χ1v) is 15.0. The highest BCUT2D eigenvalue weighted by molar-refractivity contribution is 5.85. The number of halogens is 3. The van der Waals surface area contributed by atoms with Crippen molar-refractivity contribution in [3.63, 3.8) is 0 Å². The standard InChI is InChI=1S/C32H41F3N4O4/c1-42-24-2-3-28-25(18-24)30(22(19-37-28)20-39-12-14-43-15-13-39)29(41)4-5-32(21-40)6-9-38(10-7-32)11-8-36-23-16-26(33)31(35)27(34)17-23/h2-3,16-19,29,36,40-41H,4-15,20-21H2,1H3/t29-/m0/s1. The molecule has 2 fully saturated rings. The quantitative estimate of drug-likeness (QED) is 0.262. The van der Waals surface area contributed by atoms with Gasteiger partial charge in [0.25, 0.3) is 0 Å². The predicted octanol–water partition coefficient (Wildman–Crippen LogP) is 4.49. The maximum atomic E-state index is 13.5. The van der Waals surface area contributed by atoms with E-state index in [1.54, 1.807) is 7.11 Å².